The summed E-state index contributed by atoms with van der Waals surface area (Å²) in [5, 5.41) is 3.35. The Bertz CT molecular complexity index is 401. The van der Waals surface area contributed by atoms with Crippen LogP contribution in [0.4, 0.5) is 0 Å². The Balaban J connectivity index is 2.40. The zero-order chi connectivity index (χ0) is 15.0. The maximum absolute atomic E-state index is 11.8. The van der Waals surface area contributed by atoms with Crippen LogP contribution in [-0.2, 0) is 11.3 Å². The molecule has 0 aliphatic heterocycles. The summed E-state index contributed by atoms with van der Waals surface area (Å²) in [5.41, 5.74) is 1.22. The molecule has 0 heterocycles. The number of carbonyl (C=O) groups excluding carboxylic acids is 1. The van der Waals surface area contributed by atoms with Gasteiger partial charge in [-0.25, -0.2) is 0 Å². The maximum Gasteiger partial charge on any atom is 0.260 e. The Labute approximate surface area is 122 Å². The number of amides is 1. The van der Waals surface area contributed by atoms with Crippen molar-refractivity contribution in [3.8, 4) is 5.75 Å². The van der Waals surface area contributed by atoms with E-state index in [2.05, 4.69) is 12.2 Å². The normalized spacial score (nSPS) is 10.7. The van der Waals surface area contributed by atoms with Crippen LogP contribution in [0.3, 0.4) is 0 Å². The van der Waals surface area contributed by atoms with E-state index in [0.29, 0.717) is 0 Å². The Kier molecular flexibility index (Phi) is 7.09. The van der Waals surface area contributed by atoms with Gasteiger partial charge in [0.1, 0.15) is 5.75 Å². The molecule has 0 saturated heterocycles. The molecule has 4 heteroatoms. The molecule has 1 aromatic rings. The number of hydrogen-bond acceptors (Lipinski definition) is 3. The van der Waals surface area contributed by atoms with Crippen LogP contribution in [0.2, 0.25) is 0 Å². The molecule has 0 bridgehead atoms. The number of nitrogens with zero attached hydrogens (tertiary/aromatic N) is 1. The zero-order valence-corrected chi connectivity index (χ0v) is 13.0. The molecule has 0 aliphatic carbocycles. The minimum atomic E-state index is -0.00584. The minimum absolute atomic E-state index is 0.00584. The summed E-state index contributed by atoms with van der Waals surface area (Å²) in [6.45, 7) is 8.08. The fraction of sp³-hybridized carbons (Fsp3) is 0.562. The van der Waals surface area contributed by atoms with Crippen LogP contribution in [0.25, 0.3) is 0 Å². The molecule has 0 spiro atoms. The molecule has 20 heavy (non-hydrogen) atoms. The van der Waals surface area contributed by atoms with Gasteiger partial charge in [-0.3, -0.25) is 4.79 Å². The van der Waals surface area contributed by atoms with Crippen LogP contribution in [0.15, 0.2) is 24.3 Å². The van der Waals surface area contributed by atoms with E-state index < -0.39 is 0 Å². The van der Waals surface area contributed by atoms with Crippen molar-refractivity contribution in [3.63, 3.8) is 0 Å². The van der Waals surface area contributed by atoms with Gasteiger partial charge in [-0.1, -0.05) is 19.1 Å². The van der Waals surface area contributed by atoms with Crippen LogP contribution in [0.5, 0.6) is 5.75 Å². The Morgan fingerprint density at radius 1 is 1.30 bits per heavy atom. The molecular weight excluding hydrogens is 252 g/mol. The van der Waals surface area contributed by atoms with E-state index in [1.165, 1.54) is 5.56 Å². The first-order valence-corrected chi connectivity index (χ1v) is 7.22. The maximum atomic E-state index is 11.8. The van der Waals surface area contributed by atoms with E-state index in [0.717, 1.165) is 25.3 Å². The van der Waals surface area contributed by atoms with Gasteiger partial charge >= 0.3 is 0 Å². The third-order valence-corrected chi connectivity index (χ3v) is 3.21. The summed E-state index contributed by atoms with van der Waals surface area (Å²) < 4.78 is 5.51. The van der Waals surface area contributed by atoms with Crippen LogP contribution in [-0.4, -0.2) is 37.0 Å². The molecule has 1 amide bonds. The van der Waals surface area contributed by atoms with Crippen LogP contribution in [0, 0.1) is 0 Å². The number of likely N-dealkylation sites (N-methyl/N-ethyl adjacent to an activating group) is 1. The van der Waals surface area contributed by atoms with Crippen molar-refractivity contribution in [2.45, 2.75) is 39.8 Å². The molecule has 0 unspecified atom stereocenters. The van der Waals surface area contributed by atoms with E-state index in [1.807, 2.05) is 38.1 Å². The molecule has 1 rings (SSSR count). The summed E-state index contributed by atoms with van der Waals surface area (Å²) >= 11 is 0. The Morgan fingerprint density at radius 2 is 1.95 bits per heavy atom. The summed E-state index contributed by atoms with van der Waals surface area (Å²) in [6, 6.07) is 8.05. The Morgan fingerprint density at radius 3 is 2.50 bits per heavy atom. The number of ether oxygens (including phenoxy) is 1. The van der Waals surface area contributed by atoms with Crippen molar-refractivity contribution in [1.29, 1.82) is 0 Å². The first kappa shape index (κ1) is 16.5. The van der Waals surface area contributed by atoms with Crippen molar-refractivity contribution >= 4 is 5.91 Å². The van der Waals surface area contributed by atoms with Gasteiger partial charge in [0, 0.05) is 19.6 Å². The molecule has 0 aliphatic rings. The van der Waals surface area contributed by atoms with Crippen molar-refractivity contribution in [2.75, 3.05) is 20.2 Å². The second-order valence-corrected chi connectivity index (χ2v) is 5.21. The number of benzene rings is 1. The van der Waals surface area contributed by atoms with E-state index >= 15 is 0 Å². The van der Waals surface area contributed by atoms with Crippen molar-refractivity contribution in [2.24, 2.45) is 0 Å². The first-order chi connectivity index (χ1) is 9.54. The second-order valence-electron chi connectivity index (χ2n) is 5.21. The molecule has 0 atom stereocenters. The monoisotopic (exact) mass is 278 g/mol. The summed E-state index contributed by atoms with van der Waals surface area (Å²) in [5.74, 6) is 0.725. The molecule has 0 fully saturated rings. The lowest BCUT2D eigenvalue weighted by atomic mass is 10.2. The van der Waals surface area contributed by atoms with E-state index in [4.69, 9.17) is 4.74 Å². The lowest BCUT2D eigenvalue weighted by Gasteiger charge is -2.21. The molecule has 1 N–H and O–H groups in total. The first-order valence-electron chi connectivity index (χ1n) is 7.22. The SMILES string of the molecule is CCCNCc1ccc(OCC(=O)N(C)C(C)C)cc1. The van der Waals surface area contributed by atoms with Crippen LogP contribution in [0.1, 0.15) is 32.8 Å². The third kappa shape index (κ3) is 5.61. The summed E-state index contributed by atoms with van der Waals surface area (Å²) in [7, 11) is 1.79. The highest BCUT2D eigenvalue weighted by Crippen LogP contribution is 2.12. The topological polar surface area (TPSA) is 41.6 Å². The largest absolute Gasteiger partial charge is 0.484 e. The minimum Gasteiger partial charge on any atom is -0.484 e. The van der Waals surface area contributed by atoms with Gasteiger partial charge in [-0.2, -0.15) is 0 Å². The van der Waals surface area contributed by atoms with Gasteiger partial charge in [0.2, 0.25) is 0 Å². The molecule has 0 radical (unpaired) electrons. The van der Waals surface area contributed by atoms with Crippen LogP contribution >= 0.6 is 0 Å². The molecule has 1 aromatic carbocycles. The highest BCUT2D eigenvalue weighted by molar-refractivity contribution is 5.77. The van der Waals surface area contributed by atoms with Crippen molar-refractivity contribution < 1.29 is 9.53 Å². The molecule has 112 valence electrons. The average Bonchev–Trinajstić information content (AvgIpc) is 2.45. The smallest absolute Gasteiger partial charge is 0.260 e. The van der Waals surface area contributed by atoms with Gasteiger partial charge < -0.3 is 15.0 Å². The van der Waals surface area contributed by atoms with E-state index in [-0.39, 0.29) is 18.6 Å². The summed E-state index contributed by atoms with van der Waals surface area (Å²) in [6.07, 6.45) is 1.13. The number of rotatable bonds is 8. The highest BCUT2D eigenvalue weighted by Gasteiger charge is 2.12. The second kappa shape index (κ2) is 8.59. The van der Waals surface area contributed by atoms with Gasteiger partial charge in [-0.05, 0) is 44.5 Å². The quantitative estimate of drug-likeness (QED) is 0.743. The lowest BCUT2D eigenvalue weighted by Crippen LogP contribution is -2.36. The molecule has 0 aromatic heterocycles. The number of hydrogen-bond donors (Lipinski definition) is 1. The fourth-order valence-corrected chi connectivity index (χ4v) is 1.65. The molecule has 4 nitrogen and oxygen atoms in total. The van der Waals surface area contributed by atoms with Crippen molar-refractivity contribution in [3.05, 3.63) is 29.8 Å². The third-order valence-electron chi connectivity index (χ3n) is 3.21. The number of carbonyl (C=O) groups is 1. The predicted octanol–water partition coefficient (Wildman–Crippen LogP) is 2.43. The Hall–Kier alpha value is -1.55. The van der Waals surface area contributed by atoms with Crippen LogP contribution < -0.4 is 10.1 Å². The van der Waals surface area contributed by atoms with E-state index in [1.54, 1.807) is 11.9 Å². The van der Waals surface area contributed by atoms with Gasteiger partial charge in [0.25, 0.3) is 5.91 Å². The fourth-order valence-electron chi connectivity index (χ4n) is 1.65. The predicted molar refractivity (Wildman–Crippen MR) is 81.8 cm³/mol. The standard InChI is InChI=1S/C16H26N2O2/c1-5-10-17-11-14-6-8-15(9-7-14)20-12-16(19)18(4)13(2)3/h6-9,13,17H,5,10-12H2,1-4H3. The molecular formula is C16H26N2O2. The van der Waals surface area contributed by atoms with E-state index in [9.17, 15) is 4.79 Å². The lowest BCUT2D eigenvalue weighted by molar-refractivity contribution is -0.133. The highest BCUT2D eigenvalue weighted by atomic mass is 16.5. The van der Waals surface area contributed by atoms with Gasteiger partial charge in [0.05, 0.1) is 0 Å². The van der Waals surface area contributed by atoms with Crippen molar-refractivity contribution in [1.82, 2.24) is 10.2 Å². The van der Waals surface area contributed by atoms with Gasteiger partial charge in [-0.15, -0.1) is 0 Å². The zero-order valence-electron chi connectivity index (χ0n) is 13.0. The van der Waals surface area contributed by atoms with Gasteiger partial charge in [0.15, 0.2) is 6.61 Å². The average molecular weight is 278 g/mol. The molecule has 0 saturated carbocycles. The number of nitrogens with one attached hydrogen (secondary N) is 1. The summed E-state index contributed by atoms with van der Waals surface area (Å²) in [4.78, 5) is 13.5.